The molecule has 0 radical (unpaired) electrons. The molecule has 444 valence electrons. The number of esters is 3. The molecule has 0 N–H and O–H groups in total. The van der Waals surface area contributed by atoms with Crippen LogP contribution in [0, 0.1) is 0 Å². The van der Waals surface area contributed by atoms with Crippen LogP contribution in [0.1, 0.15) is 329 Å². The highest BCUT2D eigenvalue weighted by atomic mass is 16.6. The number of rotatable bonds is 60. The van der Waals surface area contributed by atoms with Gasteiger partial charge in [0.1, 0.15) is 13.2 Å². The van der Waals surface area contributed by atoms with E-state index in [1.807, 2.05) is 0 Å². The van der Waals surface area contributed by atoms with Gasteiger partial charge in [-0.2, -0.15) is 0 Å². The van der Waals surface area contributed by atoms with Crippen molar-refractivity contribution in [3.8, 4) is 0 Å². The maximum Gasteiger partial charge on any atom is 0.306 e. The first-order valence-electron chi connectivity index (χ1n) is 33.1. The lowest BCUT2D eigenvalue weighted by atomic mass is 10.0. The maximum atomic E-state index is 12.9. The molecule has 0 saturated heterocycles. The second kappa shape index (κ2) is 65.1. The quantitative estimate of drug-likeness (QED) is 0.0261. The lowest BCUT2D eigenvalue weighted by Gasteiger charge is -2.18. The third-order valence-corrected chi connectivity index (χ3v) is 14.4. The average molecular weight is 1070 g/mol. The van der Waals surface area contributed by atoms with Crippen molar-refractivity contribution in [1.29, 1.82) is 0 Å². The average Bonchev–Trinajstić information content (AvgIpc) is 3.43. The van der Waals surface area contributed by atoms with E-state index >= 15 is 0 Å². The summed E-state index contributed by atoms with van der Waals surface area (Å²) in [7, 11) is 0. The zero-order valence-electron chi connectivity index (χ0n) is 51.0. The van der Waals surface area contributed by atoms with Gasteiger partial charge in [0.05, 0.1) is 0 Å². The Morgan fingerprint density at radius 1 is 0.273 bits per heavy atom. The first-order valence-corrected chi connectivity index (χ1v) is 33.1. The first kappa shape index (κ1) is 73.6. The Balaban J connectivity index is 4.26. The van der Waals surface area contributed by atoms with Gasteiger partial charge < -0.3 is 14.2 Å². The molecule has 0 rings (SSSR count). The highest BCUT2D eigenvalue weighted by Gasteiger charge is 2.19. The summed E-state index contributed by atoms with van der Waals surface area (Å²) in [4.78, 5) is 38.3. The number of carbonyl (C=O) groups is 3. The van der Waals surface area contributed by atoms with Gasteiger partial charge in [0, 0.05) is 19.3 Å². The molecule has 0 bridgehead atoms. The SMILES string of the molecule is CC/C=C\C/C=C\C/C=C\C/C=C\C/C=C\CCCC(=O)OC(COC(=O)CCCCCCC/C=C\CCCCCC)COC(=O)CCCCCCCCCCCCCCCCCCC/C=C\CCCCCCCCCC. The van der Waals surface area contributed by atoms with Crippen LogP contribution >= 0.6 is 0 Å². The van der Waals surface area contributed by atoms with E-state index in [2.05, 4.69) is 106 Å². The fourth-order valence-corrected chi connectivity index (χ4v) is 9.41. The number of hydrogen-bond acceptors (Lipinski definition) is 6. The first-order chi connectivity index (χ1) is 38.0. The molecular weight excluding hydrogens is 949 g/mol. The van der Waals surface area contributed by atoms with Gasteiger partial charge in [0.15, 0.2) is 6.10 Å². The van der Waals surface area contributed by atoms with Gasteiger partial charge >= 0.3 is 17.9 Å². The monoisotopic (exact) mass is 1070 g/mol. The molecule has 0 saturated carbocycles. The summed E-state index contributed by atoms with van der Waals surface area (Å²) in [6.45, 7) is 6.49. The minimum Gasteiger partial charge on any atom is -0.462 e. The molecule has 77 heavy (non-hydrogen) atoms. The van der Waals surface area contributed by atoms with Gasteiger partial charge in [0.2, 0.25) is 0 Å². The Labute approximate surface area is 477 Å². The lowest BCUT2D eigenvalue weighted by molar-refractivity contribution is -0.167. The molecule has 0 aliphatic heterocycles. The maximum absolute atomic E-state index is 12.9. The van der Waals surface area contributed by atoms with Crippen LogP contribution in [-0.4, -0.2) is 37.2 Å². The largest absolute Gasteiger partial charge is 0.462 e. The predicted molar refractivity (Wildman–Crippen MR) is 334 cm³/mol. The molecule has 0 aliphatic carbocycles. The van der Waals surface area contributed by atoms with Crippen LogP contribution in [0.2, 0.25) is 0 Å². The normalized spacial score (nSPS) is 12.6. The molecule has 0 spiro atoms. The fraction of sp³-hybridized carbons (Fsp3) is 0.761. The highest BCUT2D eigenvalue weighted by molar-refractivity contribution is 5.71. The Morgan fingerprint density at radius 3 is 0.857 bits per heavy atom. The molecule has 0 aromatic heterocycles. The summed E-state index contributed by atoms with van der Waals surface area (Å²) in [6, 6.07) is 0. The lowest BCUT2D eigenvalue weighted by Crippen LogP contribution is -2.30. The Kier molecular flexibility index (Phi) is 62.2. The smallest absolute Gasteiger partial charge is 0.306 e. The molecule has 0 amide bonds. The van der Waals surface area contributed by atoms with Gasteiger partial charge in [-0.15, -0.1) is 0 Å². The van der Waals surface area contributed by atoms with Crippen molar-refractivity contribution in [3.05, 3.63) is 85.1 Å². The molecule has 0 heterocycles. The van der Waals surface area contributed by atoms with Gasteiger partial charge in [-0.3, -0.25) is 14.4 Å². The van der Waals surface area contributed by atoms with Gasteiger partial charge in [-0.1, -0.05) is 286 Å². The summed E-state index contributed by atoms with van der Waals surface area (Å²) in [5.41, 5.74) is 0. The molecule has 1 atom stereocenters. The van der Waals surface area contributed by atoms with Crippen molar-refractivity contribution in [2.24, 2.45) is 0 Å². The number of hydrogen-bond donors (Lipinski definition) is 0. The minimum atomic E-state index is -0.810. The van der Waals surface area contributed by atoms with Crippen molar-refractivity contribution >= 4 is 17.9 Å². The Hall–Kier alpha value is -3.41. The van der Waals surface area contributed by atoms with Crippen LogP contribution in [0.15, 0.2) is 85.1 Å². The highest BCUT2D eigenvalue weighted by Crippen LogP contribution is 2.17. The van der Waals surface area contributed by atoms with Crippen LogP contribution in [0.3, 0.4) is 0 Å². The third-order valence-electron chi connectivity index (χ3n) is 14.4. The molecule has 1 unspecified atom stereocenters. The van der Waals surface area contributed by atoms with E-state index < -0.39 is 6.10 Å². The fourth-order valence-electron chi connectivity index (χ4n) is 9.41. The molecule has 6 heteroatoms. The number of carbonyl (C=O) groups excluding carboxylic acids is 3. The van der Waals surface area contributed by atoms with Crippen molar-refractivity contribution in [3.63, 3.8) is 0 Å². The summed E-state index contributed by atoms with van der Waals surface area (Å²) in [6.07, 6.45) is 86.2. The molecule has 0 aliphatic rings. The molecule has 0 fully saturated rings. The number of unbranched alkanes of at least 4 members (excludes halogenated alkanes) is 35. The summed E-state index contributed by atoms with van der Waals surface area (Å²) < 4.78 is 16.9. The van der Waals surface area contributed by atoms with E-state index in [9.17, 15) is 14.4 Å². The van der Waals surface area contributed by atoms with Crippen LogP contribution in [0.25, 0.3) is 0 Å². The van der Waals surface area contributed by atoms with Crippen LogP contribution < -0.4 is 0 Å². The van der Waals surface area contributed by atoms with Crippen molar-refractivity contribution in [2.45, 2.75) is 335 Å². The van der Waals surface area contributed by atoms with Gasteiger partial charge in [0.25, 0.3) is 0 Å². The summed E-state index contributed by atoms with van der Waals surface area (Å²) in [5.74, 6) is -0.956. The second-order valence-corrected chi connectivity index (χ2v) is 22.0. The minimum absolute atomic E-state index is 0.0997. The van der Waals surface area contributed by atoms with E-state index in [-0.39, 0.29) is 37.5 Å². The predicted octanol–water partition coefficient (Wildman–Crippen LogP) is 22.7. The van der Waals surface area contributed by atoms with Crippen LogP contribution in [0.4, 0.5) is 0 Å². The van der Waals surface area contributed by atoms with E-state index in [1.54, 1.807) is 0 Å². The van der Waals surface area contributed by atoms with Gasteiger partial charge in [-0.25, -0.2) is 0 Å². The molecule has 0 aromatic rings. The summed E-state index contributed by atoms with van der Waals surface area (Å²) >= 11 is 0. The van der Waals surface area contributed by atoms with Crippen molar-refractivity contribution in [2.75, 3.05) is 13.2 Å². The third kappa shape index (κ3) is 63.3. The standard InChI is InChI=1S/C71H124O6/c1-4-7-10-13-16-19-22-25-27-29-30-31-32-33-34-35-36-37-38-39-40-42-43-46-49-52-55-58-61-64-70(73)76-67-68(66-75-69(72)63-60-57-54-51-48-45-24-21-18-15-12-9-6-3)77-71(74)65-62-59-56-53-50-47-44-41-28-26-23-20-17-14-11-8-5-2/h8,11,17,20-21,24,26,28-30,44,47,53,56,68H,4-7,9-10,12-16,18-19,22-23,25,27,31-43,45-46,48-52,54-55,57-67H2,1-3H3/b11-8-,20-17-,24-21-,28-26-,30-29-,47-44-,56-53-. The van der Waals surface area contributed by atoms with Crippen LogP contribution in [-0.2, 0) is 28.6 Å². The topological polar surface area (TPSA) is 78.9 Å². The van der Waals surface area contributed by atoms with Crippen LogP contribution in [0.5, 0.6) is 0 Å². The summed E-state index contributed by atoms with van der Waals surface area (Å²) in [5, 5.41) is 0. The number of ether oxygens (including phenoxy) is 3. The van der Waals surface area contributed by atoms with E-state index in [1.165, 1.54) is 199 Å². The van der Waals surface area contributed by atoms with Crippen molar-refractivity contribution in [1.82, 2.24) is 0 Å². The zero-order valence-corrected chi connectivity index (χ0v) is 51.0. The second-order valence-electron chi connectivity index (χ2n) is 22.0. The molecule has 6 nitrogen and oxygen atoms in total. The molecular formula is C71H124O6. The Morgan fingerprint density at radius 2 is 0.519 bits per heavy atom. The van der Waals surface area contributed by atoms with Gasteiger partial charge in [-0.05, 0) is 109 Å². The zero-order chi connectivity index (χ0) is 55.7. The Bertz CT molecular complexity index is 1470. The van der Waals surface area contributed by atoms with E-state index in [0.717, 1.165) is 83.5 Å². The van der Waals surface area contributed by atoms with E-state index in [0.29, 0.717) is 19.3 Å². The van der Waals surface area contributed by atoms with Crippen molar-refractivity contribution < 1.29 is 28.6 Å². The van der Waals surface area contributed by atoms with E-state index in [4.69, 9.17) is 14.2 Å². The molecule has 0 aromatic carbocycles. The number of allylic oxidation sites excluding steroid dienone is 14.